The van der Waals surface area contributed by atoms with E-state index in [2.05, 4.69) is 10.6 Å². The number of aromatic hydroxyl groups is 1. The monoisotopic (exact) mass is 270 g/mol. The van der Waals surface area contributed by atoms with Gasteiger partial charge in [0.25, 0.3) is 5.91 Å². The van der Waals surface area contributed by atoms with Crippen molar-refractivity contribution in [3.63, 3.8) is 0 Å². The topological polar surface area (TPSA) is 78.4 Å². The summed E-state index contributed by atoms with van der Waals surface area (Å²) in [6, 6.07) is 4.15. The van der Waals surface area contributed by atoms with Gasteiger partial charge in [0.05, 0.1) is 12.1 Å². The highest BCUT2D eigenvalue weighted by molar-refractivity contribution is 6.31. The summed E-state index contributed by atoms with van der Waals surface area (Å²) in [7, 11) is 0. The number of hydrogen-bond donors (Lipinski definition) is 3. The lowest BCUT2D eigenvalue weighted by molar-refractivity contribution is -0.120. The molecule has 0 aliphatic heterocycles. The highest BCUT2D eigenvalue weighted by Crippen LogP contribution is 2.20. The number of nitrogens with one attached hydrogen (secondary N) is 2. The molecule has 0 fully saturated rings. The maximum Gasteiger partial charge on any atom is 0.255 e. The molecule has 0 aliphatic carbocycles. The molecule has 6 heteroatoms. The Morgan fingerprint density at radius 2 is 2.06 bits per heavy atom. The summed E-state index contributed by atoms with van der Waals surface area (Å²) in [5.74, 6) is -0.987. The van der Waals surface area contributed by atoms with Gasteiger partial charge in [0.1, 0.15) is 5.75 Å². The van der Waals surface area contributed by atoms with Gasteiger partial charge in [-0.05, 0) is 24.6 Å². The SMILES string of the molecule is CCCNC(=O)CNC(=O)c1cc(Cl)ccc1O. The molecule has 5 nitrogen and oxygen atoms in total. The van der Waals surface area contributed by atoms with E-state index in [9.17, 15) is 14.7 Å². The molecule has 18 heavy (non-hydrogen) atoms. The fourth-order valence-electron chi connectivity index (χ4n) is 1.27. The van der Waals surface area contributed by atoms with E-state index in [0.29, 0.717) is 11.6 Å². The Labute approximate surface area is 110 Å². The van der Waals surface area contributed by atoms with Gasteiger partial charge in [0.15, 0.2) is 0 Å². The number of rotatable bonds is 5. The van der Waals surface area contributed by atoms with Crippen LogP contribution in [0.3, 0.4) is 0 Å². The van der Waals surface area contributed by atoms with Gasteiger partial charge in [-0.1, -0.05) is 18.5 Å². The number of halogens is 1. The van der Waals surface area contributed by atoms with E-state index in [0.717, 1.165) is 6.42 Å². The fourth-order valence-corrected chi connectivity index (χ4v) is 1.44. The lowest BCUT2D eigenvalue weighted by Gasteiger charge is -2.07. The van der Waals surface area contributed by atoms with Crippen molar-refractivity contribution in [3.05, 3.63) is 28.8 Å². The first kappa shape index (κ1) is 14.3. The second kappa shape index (κ2) is 6.86. The Hall–Kier alpha value is -1.75. The molecular formula is C12H15ClN2O3. The fraction of sp³-hybridized carbons (Fsp3) is 0.333. The van der Waals surface area contributed by atoms with Crippen molar-refractivity contribution in [1.82, 2.24) is 10.6 Å². The van der Waals surface area contributed by atoms with Crippen LogP contribution in [-0.4, -0.2) is 30.0 Å². The highest BCUT2D eigenvalue weighted by atomic mass is 35.5. The van der Waals surface area contributed by atoms with Crippen molar-refractivity contribution in [2.45, 2.75) is 13.3 Å². The van der Waals surface area contributed by atoms with Crippen LogP contribution in [-0.2, 0) is 4.79 Å². The molecule has 3 N–H and O–H groups in total. The minimum Gasteiger partial charge on any atom is -0.507 e. The summed E-state index contributed by atoms with van der Waals surface area (Å²) in [6.07, 6.45) is 0.828. The lowest BCUT2D eigenvalue weighted by atomic mass is 10.2. The summed E-state index contributed by atoms with van der Waals surface area (Å²) in [6.45, 7) is 2.37. The Balaban J connectivity index is 2.55. The largest absolute Gasteiger partial charge is 0.507 e. The molecule has 0 aliphatic rings. The summed E-state index contributed by atoms with van der Waals surface area (Å²) < 4.78 is 0. The molecule has 0 aromatic heterocycles. The summed E-state index contributed by atoms with van der Waals surface area (Å²) in [5.41, 5.74) is 0.0470. The molecule has 0 spiro atoms. The van der Waals surface area contributed by atoms with Gasteiger partial charge in [0, 0.05) is 11.6 Å². The molecule has 1 aromatic rings. The molecule has 98 valence electrons. The molecule has 0 radical (unpaired) electrons. The molecule has 0 heterocycles. The van der Waals surface area contributed by atoms with Gasteiger partial charge >= 0.3 is 0 Å². The van der Waals surface area contributed by atoms with E-state index >= 15 is 0 Å². The molecule has 0 saturated heterocycles. The standard InChI is InChI=1S/C12H15ClN2O3/c1-2-5-14-11(17)7-15-12(18)9-6-8(13)3-4-10(9)16/h3-4,6,16H,2,5,7H2,1H3,(H,14,17)(H,15,18). The third-order valence-electron chi connectivity index (χ3n) is 2.18. The first-order valence-corrected chi connectivity index (χ1v) is 5.95. The van der Waals surface area contributed by atoms with Crippen molar-refractivity contribution < 1.29 is 14.7 Å². The predicted octanol–water partition coefficient (Wildman–Crippen LogP) is 1.30. The molecule has 0 bridgehead atoms. The molecule has 1 aromatic carbocycles. The lowest BCUT2D eigenvalue weighted by Crippen LogP contribution is -2.37. The van der Waals surface area contributed by atoms with Gasteiger partial charge in [0.2, 0.25) is 5.91 Å². The normalized spacial score (nSPS) is 9.89. The maximum atomic E-state index is 11.7. The summed E-state index contributed by atoms with van der Waals surface area (Å²) in [5, 5.41) is 14.9. The number of amides is 2. The maximum absolute atomic E-state index is 11.7. The van der Waals surface area contributed by atoms with Crippen LogP contribution in [0.15, 0.2) is 18.2 Å². The first-order chi connectivity index (χ1) is 8.54. The van der Waals surface area contributed by atoms with Crippen LogP contribution in [0.5, 0.6) is 5.75 Å². The van der Waals surface area contributed by atoms with E-state index in [4.69, 9.17) is 11.6 Å². The minimum atomic E-state index is -0.540. The molecule has 1 rings (SSSR count). The van der Waals surface area contributed by atoms with Crippen molar-refractivity contribution in [1.29, 1.82) is 0 Å². The van der Waals surface area contributed by atoms with Gasteiger partial charge in [-0.3, -0.25) is 9.59 Å². The number of carbonyl (C=O) groups excluding carboxylic acids is 2. The van der Waals surface area contributed by atoms with E-state index in [1.54, 1.807) is 0 Å². The average Bonchev–Trinajstić information content (AvgIpc) is 2.36. The van der Waals surface area contributed by atoms with Crippen LogP contribution < -0.4 is 10.6 Å². The van der Waals surface area contributed by atoms with E-state index in [1.165, 1.54) is 18.2 Å². The number of benzene rings is 1. The van der Waals surface area contributed by atoms with Gasteiger partial charge < -0.3 is 15.7 Å². The van der Waals surface area contributed by atoms with Crippen LogP contribution in [0.2, 0.25) is 5.02 Å². The van der Waals surface area contributed by atoms with Crippen molar-refractivity contribution >= 4 is 23.4 Å². The zero-order valence-electron chi connectivity index (χ0n) is 10.00. The van der Waals surface area contributed by atoms with Crippen LogP contribution in [0, 0.1) is 0 Å². The molecule has 0 saturated carbocycles. The summed E-state index contributed by atoms with van der Waals surface area (Å²) in [4.78, 5) is 23.0. The Morgan fingerprint density at radius 1 is 1.33 bits per heavy atom. The number of carbonyl (C=O) groups is 2. The number of phenols is 1. The highest BCUT2D eigenvalue weighted by Gasteiger charge is 2.12. The second-order valence-electron chi connectivity index (χ2n) is 3.69. The van der Waals surface area contributed by atoms with Crippen LogP contribution in [0.4, 0.5) is 0 Å². The smallest absolute Gasteiger partial charge is 0.255 e. The van der Waals surface area contributed by atoms with Gasteiger partial charge in [-0.2, -0.15) is 0 Å². The zero-order chi connectivity index (χ0) is 13.5. The van der Waals surface area contributed by atoms with Crippen molar-refractivity contribution in [2.75, 3.05) is 13.1 Å². The molecule has 0 atom stereocenters. The quantitative estimate of drug-likeness (QED) is 0.755. The molecular weight excluding hydrogens is 256 g/mol. The minimum absolute atomic E-state index is 0.0470. The Kier molecular flexibility index (Phi) is 5.45. The van der Waals surface area contributed by atoms with E-state index in [1.807, 2.05) is 6.92 Å². The van der Waals surface area contributed by atoms with Gasteiger partial charge in [-0.15, -0.1) is 0 Å². The van der Waals surface area contributed by atoms with E-state index in [-0.39, 0.29) is 23.8 Å². The molecule has 2 amide bonds. The van der Waals surface area contributed by atoms with Crippen LogP contribution in [0.1, 0.15) is 23.7 Å². The Morgan fingerprint density at radius 3 is 2.72 bits per heavy atom. The third-order valence-corrected chi connectivity index (χ3v) is 2.42. The predicted molar refractivity (Wildman–Crippen MR) is 68.8 cm³/mol. The van der Waals surface area contributed by atoms with Crippen LogP contribution >= 0.6 is 11.6 Å². The Bertz CT molecular complexity index is 449. The van der Waals surface area contributed by atoms with E-state index < -0.39 is 5.91 Å². The average molecular weight is 271 g/mol. The number of phenolic OH excluding ortho intramolecular Hbond substituents is 1. The molecule has 0 unspecified atom stereocenters. The summed E-state index contributed by atoms with van der Waals surface area (Å²) >= 11 is 5.72. The first-order valence-electron chi connectivity index (χ1n) is 5.58. The zero-order valence-corrected chi connectivity index (χ0v) is 10.8. The van der Waals surface area contributed by atoms with Crippen LogP contribution in [0.25, 0.3) is 0 Å². The van der Waals surface area contributed by atoms with Crippen molar-refractivity contribution in [3.8, 4) is 5.75 Å². The van der Waals surface area contributed by atoms with Crippen molar-refractivity contribution in [2.24, 2.45) is 0 Å². The van der Waals surface area contributed by atoms with Gasteiger partial charge in [-0.25, -0.2) is 0 Å². The second-order valence-corrected chi connectivity index (χ2v) is 4.13. The third kappa shape index (κ3) is 4.25. The number of hydrogen-bond acceptors (Lipinski definition) is 3.